The second kappa shape index (κ2) is 11.1. The third-order valence-corrected chi connectivity index (χ3v) is 7.89. The maximum atomic E-state index is 14.5. The van der Waals surface area contributed by atoms with Crippen molar-refractivity contribution in [3.8, 4) is 16.9 Å². The molecule has 1 amide bonds. The van der Waals surface area contributed by atoms with Gasteiger partial charge in [-0.2, -0.15) is 5.10 Å². The third-order valence-electron chi connectivity index (χ3n) is 7.01. The fourth-order valence-electron chi connectivity index (χ4n) is 5.04. The number of nitrogens with one attached hydrogen (secondary N) is 1. The fraction of sp³-hybridized carbons (Fsp3) is 0.125. The van der Waals surface area contributed by atoms with Crippen LogP contribution in [-0.4, -0.2) is 25.1 Å². The summed E-state index contributed by atoms with van der Waals surface area (Å²) in [5.74, 6) is -1.51. The van der Waals surface area contributed by atoms with E-state index in [4.69, 9.17) is 0 Å². The van der Waals surface area contributed by atoms with E-state index >= 15 is 0 Å². The van der Waals surface area contributed by atoms with Crippen LogP contribution in [0.2, 0.25) is 0 Å². The number of carbonyl (C=O) groups excluding carboxylic acids is 1. The van der Waals surface area contributed by atoms with Gasteiger partial charge in [0.05, 0.1) is 23.7 Å². The number of carbonyl (C=O) groups is 1. The lowest BCUT2D eigenvalue weighted by atomic mass is 9.98. The zero-order valence-electron chi connectivity index (χ0n) is 22.7. The summed E-state index contributed by atoms with van der Waals surface area (Å²) in [7, 11) is 0. The minimum absolute atomic E-state index is 0.0533. The monoisotopic (exact) mass is 581 g/mol. The average molecular weight is 582 g/mol. The van der Waals surface area contributed by atoms with Crippen LogP contribution in [0.15, 0.2) is 95.1 Å². The highest BCUT2D eigenvalue weighted by Gasteiger charge is 2.22. The van der Waals surface area contributed by atoms with Gasteiger partial charge in [-0.05, 0) is 43.2 Å². The zero-order valence-corrected chi connectivity index (χ0v) is 23.5. The molecule has 0 spiro atoms. The number of hydrogen-bond acceptors (Lipinski definition) is 5. The highest BCUT2D eigenvalue weighted by molar-refractivity contribution is 7.15. The van der Waals surface area contributed by atoms with Crippen molar-refractivity contribution >= 4 is 22.2 Å². The molecule has 0 unspecified atom stereocenters. The van der Waals surface area contributed by atoms with Crippen LogP contribution in [0.25, 0.3) is 21.9 Å². The van der Waals surface area contributed by atoms with Gasteiger partial charge in [0.2, 0.25) is 5.91 Å². The van der Waals surface area contributed by atoms with Crippen LogP contribution in [0.5, 0.6) is 0 Å². The third kappa shape index (κ3) is 5.12. The van der Waals surface area contributed by atoms with Gasteiger partial charge in [0, 0.05) is 22.8 Å². The van der Waals surface area contributed by atoms with Crippen molar-refractivity contribution in [2.45, 2.75) is 26.3 Å². The topological polar surface area (TPSA) is 81.3 Å². The molecule has 210 valence electrons. The lowest BCUT2D eigenvalue weighted by molar-refractivity contribution is -0.121. The molecule has 0 saturated heterocycles. The van der Waals surface area contributed by atoms with E-state index in [1.165, 1.54) is 20.4 Å². The molecule has 7 nitrogen and oxygen atoms in total. The van der Waals surface area contributed by atoms with Crippen molar-refractivity contribution in [3.05, 3.63) is 141 Å². The lowest BCUT2D eigenvalue weighted by Crippen LogP contribution is -2.31. The Morgan fingerprint density at radius 1 is 0.952 bits per heavy atom. The van der Waals surface area contributed by atoms with Gasteiger partial charge in [-0.15, -0.1) is 11.3 Å². The molecule has 0 aliphatic heterocycles. The highest BCUT2D eigenvalue weighted by Crippen LogP contribution is 2.26. The van der Waals surface area contributed by atoms with E-state index < -0.39 is 17.2 Å². The molecule has 3 heterocycles. The molecule has 10 heteroatoms. The molecular weight excluding hydrogens is 556 g/mol. The van der Waals surface area contributed by atoms with E-state index in [0.29, 0.717) is 22.0 Å². The van der Waals surface area contributed by atoms with Gasteiger partial charge < -0.3 is 5.32 Å². The number of halogens is 2. The number of aromatic nitrogens is 4. The predicted molar refractivity (Wildman–Crippen MR) is 158 cm³/mol. The van der Waals surface area contributed by atoms with Gasteiger partial charge in [-0.25, -0.2) is 18.4 Å². The van der Waals surface area contributed by atoms with Gasteiger partial charge in [0.15, 0.2) is 4.96 Å². The molecule has 3 aromatic heterocycles. The van der Waals surface area contributed by atoms with Crippen LogP contribution in [-0.2, 0) is 11.2 Å². The summed E-state index contributed by atoms with van der Waals surface area (Å²) in [5, 5.41) is 9.31. The molecule has 1 N–H and O–H groups in total. The standard InChI is InChI=1S/C32H25F2N5O2S/c1-19-15-26(37-39(19)27-16-23(33)13-14-25(27)34)29-20(2)35-32-38(31(29)41)24(18-42-32)17-28(40)36-30(21-9-5-3-6-10-21)22-11-7-4-8-12-22/h3-16,18,30H,17H2,1-2H3,(H,36,40). The Morgan fingerprint density at radius 2 is 1.62 bits per heavy atom. The summed E-state index contributed by atoms with van der Waals surface area (Å²) in [6, 6.07) is 23.7. The van der Waals surface area contributed by atoms with Gasteiger partial charge in [0.1, 0.15) is 23.0 Å². The summed E-state index contributed by atoms with van der Waals surface area (Å²) in [5.41, 5.74) is 3.34. The summed E-state index contributed by atoms with van der Waals surface area (Å²) in [4.78, 5) is 32.3. The molecule has 0 aliphatic rings. The summed E-state index contributed by atoms with van der Waals surface area (Å²) in [6.45, 7) is 3.39. The van der Waals surface area contributed by atoms with E-state index in [2.05, 4.69) is 15.4 Å². The van der Waals surface area contributed by atoms with Crippen LogP contribution < -0.4 is 10.9 Å². The molecule has 0 bridgehead atoms. The lowest BCUT2D eigenvalue weighted by Gasteiger charge is -2.20. The van der Waals surface area contributed by atoms with Crippen LogP contribution in [0, 0.1) is 25.5 Å². The molecule has 0 radical (unpaired) electrons. The van der Waals surface area contributed by atoms with Gasteiger partial charge in [0.25, 0.3) is 5.56 Å². The predicted octanol–water partition coefficient (Wildman–Crippen LogP) is 5.95. The number of thiazole rings is 1. The largest absolute Gasteiger partial charge is 0.345 e. The molecule has 42 heavy (non-hydrogen) atoms. The molecule has 6 aromatic rings. The van der Waals surface area contributed by atoms with Crippen molar-refractivity contribution in [2.75, 3.05) is 0 Å². The Balaban J connectivity index is 1.35. The molecule has 3 aromatic carbocycles. The van der Waals surface area contributed by atoms with Crippen LogP contribution in [0.1, 0.15) is 34.3 Å². The molecule has 0 atom stereocenters. The first-order chi connectivity index (χ1) is 20.3. The number of hydrogen-bond donors (Lipinski definition) is 1. The number of nitrogens with zero attached hydrogens (tertiary/aromatic N) is 4. The first-order valence-electron chi connectivity index (χ1n) is 13.2. The highest BCUT2D eigenvalue weighted by atomic mass is 32.1. The second-order valence-corrected chi connectivity index (χ2v) is 10.7. The van der Waals surface area contributed by atoms with E-state index in [1.807, 2.05) is 60.7 Å². The average Bonchev–Trinajstić information content (AvgIpc) is 3.56. The molecule has 0 aliphatic carbocycles. The first-order valence-corrected chi connectivity index (χ1v) is 14.1. The Bertz CT molecular complexity index is 1940. The van der Waals surface area contributed by atoms with Crippen LogP contribution >= 0.6 is 11.3 Å². The molecule has 0 saturated carbocycles. The smallest absolute Gasteiger partial charge is 0.268 e. The van der Waals surface area contributed by atoms with E-state index in [1.54, 1.807) is 25.3 Å². The number of benzene rings is 3. The Morgan fingerprint density at radius 3 is 2.29 bits per heavy atom. The second-order valence-electron chi connectivity index (χ2n) is 9.90. The summed E-state index contributed by atoms with van der Waals surface area (Å²) < 4.78 is 31.1. The molecular formula is C32H25F2N5O2S. The maximum absolute atomic E-state index is 14.5. The Kier molecular flexibility index (Phi) is 7.22. The number of amides is 1. The Labute approximate surface area is 243 Å². The SMILES string of the molecule is Cc1nc2scc(CC(=O)NC(c3ccccc3)c3ccccc3)n2c(=O)c1-c1cc(C)n(-c2cc(F)ccc2F)n1. The number of aryl methyl sites for hydroxylation is 2. The maximum Gasteiger partial charge on any atom is 0.268 e. The first kappa shape index (κ1) is 27.2. The van der Waals surface area contributed by atoms with Crippen molar-refractivity contribution < 1.29 is 13.6 Å². The van der Waals surface area contributed by atoms with E-state index in [-0.39, 0.29) is 35.3 Å². The van der Waals surface area contributed by atoms with Gasteiger partial charge in [-0.3, -0.25) is 14.0 Å². The quantitative estimate of drug-likeness (QED) is 0.253. The van der Waals surface area contributed by atoms with Crippen LogP contribution in [0.3, 0.4) is 0 Å². The van der Waals surface area contributed by atoms with Gasteiger partial charge >= 0.3 is 0 Å². The molecule has 6 rings (SSSR count). The van der Waals surface area contributed by atoms with Crippen molar-refractivity contribution in [1.82, 2.24) is 24.5 Å². The number of fused-ring (bicyclic) bond motifs is 1. The summed E-state index contributed by atoms with van der Waals surface area (Å²) in [6.07, 6.45) is -0.0533. The minimum atomic E-state index is -0.647. The normalized spacial score (nSPS) is 11.4. The van der Waals surface area contributed by atoms with Crippen molar-refractivity contribution in [3.63, 3.8) is 0 Å². The van der Waals surface area contributed by atoms with E-state index in [0.717, 1.165) is 29.3 Å². The van der Waals surface area contributed by atoms with Gasteiger partial charge in [-0.1, -0.05) is 60.7 Å². The zero-order chi connectivity index (χ0) is 29.4. The van der Waals surface area contributed by atoms with Crippen molar-refractivity contribution in [2.24, 2.45) is 0 Å². The minimum Gasteiger partial charge on any atom is -0.345 e. The van der Waals surface area contributed by atoms with E-state index in [9.17, 15) is 18.4 Å². The fourth-order valence-corrected chi connectivity index (χ4v) is 5.96. The van der Waals surface area contributed by atoms with Crippen LogP contribution in [0.4, 0.5) is 8.78 Å². The Hall–Kier alpha value is -4.96. The van der Waals surface area contributed by atoms with Crippen molar-refractivity contribution in [1.29, 1.82) is 0 Å². The number of rotatable bonds is 7. The summed E-state index contributed by atoms with van der Waals surface area (Å²) >= 11 is 1.26. The molecule has 0 fully saturated rings.